The van der Waals surface area contributed by atoms with Crippen molar-refractivity contribution in [2.24, 2.45) is 11.7 Å². The van der Waals surface area contributed by atoms with Gasteiger partial charge in [0.15, 0.2) is 0 Å². The van der Waals surface area contributed by atoms with Crippen molar-refractivity contribution in [3.63, 3.8) is 0 Å². The highest BCUT2D eigenvalue weighted by molar-refractivity contribution is 9.10. The largest absolute Gasteiger partial charge is 0.359 e. The van der Waals surface area contributed by atoms with Crippen molar-refractivity contribution in [3.05, 3.63) is 22.3 Å². The minimum atomic E-state index is 0.538. The lowest BCUT2D eigenvalue weighted by Gasteiger charge is -2.24. The predicted octanol–water partition coefficient (Wildman–Crippen LogP) is 2.93. The van der Waals surface area contributed by atoms with E-state index in [0.717, 1.165) is 28.3 Å². The van der Waals surface area contributed by atoms with Crippen LogP contribution in [0.5, 0.6) is 0 Å². The maximum Gasteiger partial charge on any atom is 0.132 e. The van der Waals surface area contributed by atoms with Crippen molar-refractivity contribution < 1.29 is 0 Å². The Morgan fingerprint density at radius 3 is 2.82 bits per heavy atom. The summed E-state index contributed by atoms with van der Waals surface area (Å²) < 4.78 is 0.996. The highest BCUT2D eigenvalue weighted by atomic mass is 79.9. The smallest absolute Gasteiger partial charge is 0.132 e. The van der Waals surface area contributed by atoms with E-state index in [1.807, 2.05) is 6.20 Å². The number of anilines is 1. The van der Waals surface area contributed by atoms with Crippen molar-refractivity contribution in [2.45, 2.75) is 32.2 Å². The van der Waals surface area contributed by atoms with Crippen molar-refractivity contribution in [1.29, 1.82) is 0 Å². The number of hydrogen-bond acceptors (Lipinski definition) is 3. The fourth-order valence-corrected chi connectivity index (χ4v) is 3.01. The Balaban J connectivity index is 2.09. The van der Waals surface area contributed by atoms with Gasteiger partial charge in [-0.1, -0.05) is 12.8 Å². The van der Waals surface area contributed by atoms with Crippen molar-refractivity contribution in [2.75, 3.05) is 18.5 Å². The molecule has 0 unspecified atom stereocenters. The normalized spacial score (nSPS) is 16.4. The molecule has 1 aromatic heterocycles. The molecule has 3 nitrogen and oxygen atoms in total. The Labute approximate surface area is 112 Å². The first-order valence-electron chi connectivity index (χ1n) is 6.26. The highest BCUT2D eigenvalue weighted by Gasteiger charge is 2.18. The van der Waals surface area contributed by atoms with Crippen LogP contribution in [-0.2, 0) is 6.54 Å². The van der Waals surface area contributed by atoms with E-state index >= 15 is 0 Å². The van der Waals surface area contributed by atoms with Gasteiger partial charge < -0.3 is 10.6 Å². The number of rotatable bonds is 4. The first-order valence-corrected chi connectivity index (χ1v) is 7.05. The van der Waals surface area contributed by atoms with Crippen LogP contribution in [0, 0.1) is 5.92 Å². The average molecular weight is 298 g/mol. The van der Waals surface area contributed by atoms with Crippen molar-refractivity contribution >= 4 is 21.7 Å². The number of hydrogen-bond donors (Lipinski definition) is 1. The molecular formula is C13H20BrN3. The summed E-state index contributed by atoms with van der Waals surface area (Å²) in [7, 11) is 2.12. The van der Waals surface area contributed by atoms with E-state index in [-0.39, 0.29) is 0 Å². The third-order valence-electron chi connectivity index (χ3n) is 3.50. The molecule has 1 aliphatic carbocycles. The Morgan fingerprint density at radius 2 is 2.18 bits per heavy atom. The molecule has 0 atom stereocenters. The van der Waals surface area contributed by atoms with Gasteiger partial charge in [0.05, 0.1) is 0 Å². The zero-order valence-electron chi connectivity index (χ0n) is 10.3. The second-order valence-corrected chi connectivity index (χ2v) is 5.79. The van der Waals surface area contributed by atoms with Gasteiger partial charge in [0.1, 0.15) is 5.82 Å². The van der Waals surface area contributed by atoms with Crippen LogP contribution >= 0.6 is 15.9 Å². The molecule has 0 spiro atoms. The van der Waals surface area contributed by atoms with Gasteiger partial charge in [-0.05, 0) is 40.8 Å². The summed E-state index contributed by atoms with van der Waals surface area (Å²) in [6, 6.07) is 2.06. The second-order valence-electron chi connectivity index (χ2n) is 4.87. The third-order valence-corrected chi connectivity index (χ3v) is 3.93. The van der Waals surface area contributed by atoms with E-state index in [2.05, 4.69) is 38.9 Å². The molecule has 0 aliphatic heterocycles. The summed E-state index contributed by atoms with van der Waals surface area (Å²) in [6.45, 7) is 1.64. The van der Waals surface area contributed by atoms with E-state index < -0.39 is 0 Å². The Bertz CT molecular complexity index is 375. The summed E-state index contributed by atoms with van der Waals surface area (Å²) in [5.41, 5.74) is 6.89. The molecule has 0 saturated heterocycles. The van der Waals surface area contributed by atoms with Crippen LogP contribution in [0.1, 0.15) is 31.2 Å². The molecule has 0 amide bonds. The molecule has 1 fully saturated rings. The van der Waals surface area contributed by atoms with Crippen LogP contribution < -0.4 is 10.6 Å². The monoisotopic (exact) mass is 297 g/mol. The molecule has 0 aromatic carbocycles. The average Bonchev–Trinajstić information content (AvgIpc) is 2.81. The Morgan fingerprint density at radius 1 is 1.47 bits per heavy atom. The lowest BCUT2D eigenvalue weighted by Crippen LogP contribution is -2.26. The molecule has 4 heteroatoms. The topological polar surface area (TPSA) is 42.2 Å². The third kappa shape index (κ3) is 3.19. The van der Waals surface area contributed by atoms with E-state index in [1.165, 1.54) is 25.7 Å². The summed E-state index contributed by atoms with van der Waals surface area (Å²) >= 11 is 3.44. The van der Waals surface area contributed by atoms with Gasteiger partial charge in [-0.15, -0.1) is 0 Å². The Kier molecular flexibility index (Phi) is 4.40. The van der Waals surface area contributed by atoms with Crippen LogP contribution in [0.3, 0.4) is 0 Å². The number of nitrogens with two attached hydrogens (primary N) is 1. The van der Waals surface area contributed by atoms with Gasteiger partial charge in [0.25, 0.3) is 0 Å². The van der Waals surface area contributed by atoms with Crippen LogP contribution in [0.2, 0.25) is 0 Å². The lowest BCUT2D eigenvalue weighted by atomic mass is 10.1. The second kappa shape index (κ2) is 5.83. The number of halogens is 1. The van der Waals surface area contributed by atoms with E-state index in [9.17, 15) is 0 Å². The standard InChI is InChI=1S/C13H20BrN3/c1-17(9-10-4-2-3-5-10)13-11(7-15)6-12(14)8-16-13/h6,8,10H,2-5,7,9,15H2,1H3. The van der Waals surface area contributed by atoms with E-state index in [4.69, 9.17) is 5.73 Å². The summed E-state index contributed by atoms with van der Waals surface area (Å²) in [5.74, 6) is 1.86. The highest BCUT2D eigenvalue weighted by Crippen LogP contribution is 2.27. The number of aromatic nitrogens is 1. The molecule has 0 bridgehead atoms. The molecule has 17 heavy (non-hydrogen) atoms. The molecular weight excluding hydrogens is 278 g/mol. The van der Waals surface area contributed by atoms with Gasteiger partial charge in [0, 0.05) is 36.4 Å². The number of pyridine rings is 1. The summed E-state index contributed by atoms with van der Waals surface area (Å²) in [4.78, 5) is 6.74. The minimum Gasteiger partial charge on any atom is -0.359 e. The fourth-order valence-electron chi connectivity index (χ4n) is 2.63. The van der Waals surface area contributed by atoms with Gasteiger partial charge in [-0.2, -0.15) is 0 Å². The SMILES string of the molecule is CN(CC1CCCC1)c1ncc(Br)cc1CN. The fraction of sp³-hybridized carbons (Fsp3) is 0.615. The maximum atomic E-state index is 5.78. The molecule has 0 radical (unpaired) electrons. The summed E-state index contributed by atoms with van der Waals surface area (Å²) in [6.07, 6.45) is 7.34. The van der Waals surface area contributed by atoms with Gasteiger partial charge in [-0.3, -0.25) is 0 Å². The lowest BCUT2D eigenvalue weighted by molar-refractivity contribution is 0.544. The molecule has 2 N–H and O–H groups in total. The molecule has 1 aliphatic rings. The molecule has 1 saturated carbocycles. The van der Waals surface area contributed by atoms with Crippen LogP contribution in [0.15, 0.2) is 16.7 Å². The zero-order valence-corrected chi connectivity index (χ0v) is 11.9. The minimum absolute atomic E-state index is 0.538. The van der Waals surface area contributed by atoms with Crippen LogP contribution in [0.25, 0.3) is 0 Å². The van der Waals surface area contributed by atoms with Crippen molar-refractivity contribution in [1.82, 2.24) is 4.98 Å². The molecule has 94 valence electrons. The summed E-state index contributed by atoms with van der Waals surface area (Å²) in [5, 5.41) is 0. The van der Waals surface area contributed by atoms with E-state index in [0.29, 0.717) is 6.54 Å². The molecule has 1 heterocycles. The van der Waals surface area contributed by atoms with Gasteiger partial charge in [-0.25, -0.2) is 4.98 Å². The van der Waals surface area contributed by atoms with Crippen LogP contribution in [0.4, 0.5) is 5.82 Å². The van der Waals surface area contributed by atoms with E-state index in [1.54, 1.807) is 0 Å². The predicted molar refractivity (Wildman–Crippen MR) is 75.1 cm³/mol. The van der Waals surface area contributed by atoms with Gasteiger partial charge in [0.2, 0.25) is 0 Å². The molecule has 1 aromatic rings. The number of nitrogens with zero attached hydrogens (tertiary/aromatic N) is 2. The maximum absolute atomic E-state index is 5.78. The van der Waals surface area contributed by atoms with Crippen LogP contribution in [-0.4, -0.2) is 18.6 Å². The quantitative estimate of drug-likeness (QED) is 0.929. The Hall–Kier alpha value is -0.610. The first-order chi connectivity index (χ1) is 8.20. The van der Waals surface area contributed by atoms with Crippen molar-refractivity contribution in [3.8, 4) is 0 Å². The first kappa shape index (κ1) is 12.8. The molecule has 2 rings (SSSR count). The van der Waals surface area contributed by atoms with Gasteiger partial charge >= 0.3 is 0 Å². The zero-order chi connectivity index (χ0) is 12.3.